The van der Waals surface area contributed by atoms with Gasteiger partial charge in [0.25, 0.3) is 0 Å². The molecule has 7 nitrogen and oxygen atoms in total. The smallest absolute Gasteiger partial charge is 0.322 e. The van der Waals surface area contributed by atoms with E-state index in [1.165, 1.54) is 0 Å². The summed E-state index contributed by atoms with van der Waals surface area (Å²) in [7, 11) is -7.77. The van der Waals surface area contributed by atoms with Gasteiger partial charge in [-0.05, 0) is 19.3 Å². The van der Waals surface area contributed by atoms with Gasteiger partial charge in [0.05, 0.1) is 0 Å². The second kappa shape index (κ2) is 4.91. The Bertz CT molecular complexity index is 494. The molecule has 0 saturated carbocycles. The van der Waals surface area contributed by atoms with Gasteiger partial charge in [-0.1, -0.05) is 0 Å². The van der Waals surface area contributed by atoms with Gasteiger partial charge >= 0.3 is 5.97 Å². The average Bonchev–Trinajstić information content (AvgIpc) is 2.14. The van der Waals surface area contributed by atoms with Gasteiger partial charge in [0.1, 0.15) is 6.04 Å². The van der Waals surface area contributed by atoms with Crippen molar-refractivity contribution < 1.29 is 26.7 Å². The first-order valence-electron chi connectivity index (χ1n) is 5.03. The third-order valence-corrected chi connectivity index (χ3v) is 6.51. The molecule has 0 spiro atoms. The Labute approximate surface area is 100 Å². The van der Waals surface area contributed by atoms with Crippen LogP contribution in [0, 0.1) is 0 Å². The molecule has 1 N–H and O–H groups in total. The summed E-state index contributed by atoms with van der Waals surface area (Å²) in [5, 5.41) is 7.88. The van der Waals surface area contributed by atoms with E-state index >= 15 is 0 Å². The standard InChI is InChI=1S/C8H15NO6S2/c1-16(12,13)6-17(14,15)9-5-3-2-4-7(9)8(10)11/h7H,2-6H2,1H3,(H,10,11)/t7-/m0/s1. The number of nitrogens with zero attached hydrogens (tertiary/aromatic N) is 1. The molecule has 17 heavy (non-hydrogen) atoms. The minimum atomic E-state index is -4.07. The number of sulfone groups is 1. The molecule has 100 valence electrons. The fourth-order valence-electron chi connectivity index (χ4n) is 1.82. The molecule has 1 atom stereocenters. The van der Waals surface area contributed by atoms with Crippen molar-refractivity contribution in [2.45, 2.75) is 25.3 Å². The van der Waals surface area contributed by atoms with Gasteiger partial charge in [0.2, 0.25) is 10.0 Å². The van der Waals surface area contributed by atoms with Gasteiger partial charge in [-0.2, -0.15) is 4.31 Å². The fraction of sp³-hybridized carbons (Fsp3) is 0.875. The van der Waals surface area contributed by atoms with E-state index < -0.39 is 37.0 Å². The molecule has 0 aliphatic carbocycles. The Hall–Kier alpha value is -0.670. The molecule has 1 rings (SSSR count). The Morgan fingerprint density at radius 1 is 1.29 bits per heavy atom. The van der Waals surface area contributed by atoms with Crippen molar-refractivity contribution >= 4 is 25.8 Å². The number of carboxylic acid groups (broad SMARTS) is 1. The van der Waals surface area contributed by atoms with Crippen molar-refractivity contribution in [1.82, 2.24) is 4.31 Å². The maximum absolute atomic E-state index is 11.8. The summed E-state index contributed by atoms with van der Waals surface area (Å²) in [6.07, 6.45) is 2.21. The zero-order valence-electron chi connectivity index (χ0n) is 9.37. The zero-order chi connectivity index (χ0) is 13.3. The molecular weight excluding hydrogens is 270 g/mol. The van der Waals surface area contributed by atoms with Gasteiger partial charge in [0, 0.05) is 12.8 Å². The quantitative estimate of drug-likeness (QED) is 0.728. The van der Waals surface area contributed by atoms with E-state index in [4.69, 9.17) is 5.11 Å². The highest BCUT2D eigenvalue weighted by molar-refractivity contribution is 8.06. The number of carboxylic acids is 1. The molecule has 1 saturated heterocycles. The topological polar surface area (TPSA) is 109 Å². The minimum Gasteiger partial charge on any atom is -0.480 e. The van der Waals surface area contributed by atoms with Gasteiger partial charge in [0.15, 0.2) is 14.9 Å². The Morgan fingerprint density at radius 2 is 1.88 bits per heavy atom. The number of hydrogen-bond acceptors (Lipinski definition) is 5. The lowest BCUT2D eigenvalue weighted by Crippen LogP contribution is -2.49. The molecule has 1 aliphatic heterocycles. The molecule has 0 aromatic heterocycles. The number of carbonyl (C=O) groups is 1. The van der Waals surface area contributed by atoms with Crippen LogP contribution in [0.3, 0.4) is 0 Å². The molecule has 0 amide bonds. The lowest BCUT2D eigenvalue weighted by Gasteiger charge is -2.31. The third kappa shape index (κ3) is 3.93. The molecule has 1 fully saturated rings. The average molecular weight is 285 g/mol. The molecular formula is C8H15NO6S2. The van der Waals surface area contributed by atoms with E-state index in [0.717, 1.165) is 10.6 Å². The van der Waals surface area contributed by atoms with Crippen LogP contribution in [-0.4, -0.2) is 56.1 Å². The van der Waals surface area contributed by atoms with Crippen LogP contribution in [0.25, 0.3) is 0 Å². The van der Waals surface area contributed by atoms with E-state index in [2.05, 4.69) is 0 Å². The molecule has 1 aliphatic rings. The van der Waals surface area contributed by atoms with Crippen LogP contribution in [0.1, 0.15) is 19.3 Å². The van der Waals surface area contributed by atoms with Crippen molar-refractivity contribution in [2.75, 3.05) is 17.9 Å². The first-order chi connectivity index (χ1) is 7.63. The molecule has 0 radical (unpaired) electrons. The summed E-state index contributed by atoms with van der Waals surface area (Å²) in [6.45, 7) is 0.0643. The van der Waals surface area contributed by atoms with Crippen LogP contribution < -0.4 is 0 Å². The highest BCUT2D eigenvalue weighted by Crippen LogP contribution is 2.21. The fourth-order valence-corrected chi connectivity index (χ4v) is 5.52. The molecule has 0 aromatic rings. The Kier molecular flexibility index (Phi) is 4.15. The van der Waals surface area contributed by atoms with Crippen LogP contribution in [0.15, 0.2) is 0 Å². The van der Waals surface area contributed by atoms with Gasteiger partial charge in [-0.25, -0.2) is 16.8 Å². The molecule has 1 heterocycles. The van der Waals surface area contributed by atoms with E-state index in [1.54, 1.807) is 0 Å². The predicted molar refractivity (Wildman–Crippen MR) is 60.6 cm³/mol. The predicted octanol–water partition coefficient (Wildman–Crippen LogP) is -0.743. The number of sulfonamides is 1. The van der Waals surface area contributed by atoms with Gasteiger partial charge in [-0.15, -0.1) is 0 Å². The third-order valence-electron chi connectivity index (χ3n) is 2.46. The van der Waals surface area contributed by atoms with Gasteiger partial charge < -0.3 is 5.11 Å². The molecule has 9 heteroatoms. The van der Waals surface area contributed by atoms with Crippen LogP contribution in [-0.2, 0) is 24.7 Å². The monoisotopic (exact) mass is 285 g/mol. The lowest BCUT2D eigenvalue weighted by atomic mass is 10.1. The Morgan fingerprint density at radius 3 is 2.35 bits per heavy atom. The van der Waals surface area contributed by atoms with E-state index in [1.807, 2.05) is 0 Å². The van der Waals surface area contributed by atoms with Crippen LogP contribution in [0.5, 0.6) is 0 Å². The SMILES string of the molecule is CS(=O)(=O)CS(=O)(=O)N1CCCC[C@H]1C(=O)O. The first kappa shape index (κ1) is 14.4. The van der Waals surface area contributed by atoms with Crippen LogP contribution >= 0.6 is 0 Å². The van der Waals surface area contributed by atoms with Crippen molar-refractivity contribution in [1.29, 1.82) is 0 Å². The van der Waals surface area contributed by atoms with Crippen molar-refractivity contribution in [3.8, 4) is 0 Å². The maximum Gasteiger partial charge on any atom is 0.322 e. The number of rotatable bonds is 4. The summed E-state index contributed by atoms with van der Waals surface area (Å²) >= 11 is 0. The summed E-state index contributed by atoms with van der Waals surface area (Å²) in [5.74, 6) is -1.23. The molecule has 0 aromatic carbocycles. The number of aliphatic carboxylic acids is 1. The summed E-state index contributed by atoms with van der Waals surface area (Å²) in [6, 6.07) is -1.14. The number of piperidine rings is 1. The Balaban J connectivity index is 2.99. The molecule has 0 bridgehead atoms. The van der Waals surface area contributed by atoms with E-state index in [-0.39, 0.29) is 13.0 Å². The molecule has 0 unspecified atom stereocenters. The second-order valence-corrected chi connectivity index (χ2v) is 8.54. The van der Waals surface area contributed by atoms with Crippen molar-refractivity contribution in [3.63, 3.8) is 0 Å². The summed E-state index contributed by atoms with van der Waals surface area (Å²) in [4.78, 5) is 10.9. The van der Waals surface area contributed by atoms with E-state index in [9.17, 15) is 21.6 Å². The maximum atomic E-state index is 11.8. The number of hydrogen-bond donors (Lipinski definition) is 1. The van der Waals surface area contributed by atoms with Crippen LogP contribution in [0.2, 0.25) is 0 Å². The highest BCUT2D eigenvalue weighted by Gasteiger charge is 2.38. The van der Waals surface area contributed by atoms with Crippen LogP contribution in [0.4, 0.5) is 0 Å². The summed E-state index contributed by atoms with van der Waals surface area (Å²) < 4.78 is 46.4. The summed E-state index contributed by atoms with van der Waals surface area (Å²) in [5.41, 5.74) is 0. The minimum absolute atomic E-state index is 0.0643. The first-order valence-corrected chi connectivity index (χ1v) is 8.70. The van der Waals surface area contributed by atoms with Crippen molar-refractivity contribution in [3.05, 3.63) is 0 Å². The lowest BCUT2D eigenvalue weighted by molar-refractivity contribution is -0.142. The van der Waals surface area contributed by atoms with Gasteiger partial charge in [-0.3, -0.25) is 4.79 Å². The highest BCUT2D eigenvalue weighted by atomic mass is 32.3. The normalized spacial score (nSPS) is 23.5. The zero-order valence-corrected chi connectivity index (χ0v) is 11.0. The van der Waals surface area contributed by atoms with E-state index in [0.29, 0.717) is 12.8 Å². The largest absolute Gasteiger partial charge is 0.480 e. The second-order valence-electron chi connectivity index (χ2n) is 4.12. The van der Waals surface area contributed by atoms with Crippen molar-refractivity contribution in [2.24, 2.45) is 0 Å².